The van der Waals surface area contributed by atoms with Crippen molar-refractivity contribution in [1.82, 2.24) is 5.32 Å². The van der Waals surface area contributed by atoms with Gasteiger partial charge in [0.1, 0.15) is 11.9 Å². The van der Waals surface area contributed by atoms with Crippen LogP contribution in [-0.4, -0.2) is 17.1 Å². The van der Waals surface area contributed by atoms with E-state index in [9.17, 15) is 9.18 Å². The minimum Gasteiger partial charge on any atom is -0.480 e. The Hall–Kier alpha value is -1.42. The van der Waals surface area contributed by atoms with Gasteiger partial charge >= 0.3 is 5.97 Å². The third-order valence-corrected chi connectivity index (χ3v) is 2.89. The fourth-order valence-corrected chi connectivity index (χ4v) is 1.64. The molecule has 1 aromatic rings. The molecule has 0 bridgehead atoms. The van der Waals surface area contributed by atoms with Gasteiger partial charge < -0.3 is 10.4 Å². The van der Waals surface area contributed by atoms with Gasteiger partial charge in [-0.15, -0.1) is 0 Å². The fraction of sp³-hybridized carbons (Fsp3) is 0.462. The molecule has 0 amide bonds. The highest BCUT2D eigenvalue weighted by Gasteiger charge is 2.22. The van der Waals surface area contributed by atoms with E-state index < -0.39 is 12.0 Å². The number of rotatable bonds is 6. The van der Waals surface area contributed by atoms with E-state index in [1.165, 1.54) is 12.1 Å². The first-order valence-corrected chi connectivity index (χ1v) is 5.75. The molecule has 0 aliphatic heterocycles. The summed E-state index contributed by atoms with van der Waals surface area (Å²) >= 11 is 0. The molecule has 1 aromatic carbocycles. The van der Waals surface area contributed by atoms with Crippen LogP contribution in [0.25, 0.3) is 0 Å². The number of carboxylic acid groups (broad SMARTS) is 1. The van der Waals surface area contributed by atoms with Crippen molar-refractivity contribution >= 4 is 5.97 Å². The molecule has 2 atom stereocenters. The molecular formula is C13H18FNO2. The Morgan fingerprint density at radius 2 is 2.24 bits per heavy atom. The second kappa shape index (κ2) is 6.35. The molecule has 1 rings (SSSR count). The minimum absolute atomic E-state index is 0.0426. The van der Waals surface area contributed by atoms with Crippen molar-refractivity contribution in [2.24, 2.45) is 5.92 Å². The summed E-state index contributed by atoms with van der Waals surface area (Å²) in [6, 6.07) is 5.56. The molecule has 0 heterocycles. The Labute approximate surface area is 101 Å². The number of carbonyl (C=O) groups is 1. The molecule has 0 radical (unpaired) electrons. The third kappa shape index (κ3) is 4.15. The summed E-state index contributed by atoms with van der Waals surface area (Å²) < 4.78 is 12.9. The standard InChI is InChI=1S/C13H18FNO2/c1-3-9(2)12(13(16)17)15-8-10-5-4-6-11(14)7-10/h4-7,9,12,15H,3,8H2,1-2H3,(H,16,17). The molecule has 2 N–H and O–H groups in total. The van der Waals surface area contributed by atoms with Gasteiger partial charge in [-0.2, -0.15) is 0 Å². The minimum atomic E-state index is -0.865. The van der Waals surface area contributed by atoms with Gasteiger partial charge in [0.15, 0.2) is 0 Å². The fourth-order valence-electron chi connectivity index (χ4n) is 1.64. The van der Waals surface area contributed by atoms with Crippen LogP contribution in [0.5, 0.6) is 0 Å². The van der Waals surface area contributed by atoms with Gasteiger partial charge in [-0.05, 0) is 23.6 Å². The number of benzene rings is 1. The monoisotopic (exact) mass is 239 g/mol. The van der Waals surface area contributed by atoms with Crippen LogP contribution < -0.4 is 5.32 Å². The maximum Gasteiger partial charge on any atom is 0.320 e. The smallest absolute Gasteiger partial charge is 0.320 e. The van der Waals surface area contributed by atoms with Gasteiger partial charge in [0.25, 0.3) is 0 Å². The van der Waals surface area contributed by atoms with Crippen LogP contribution >= 0.6 is 0 Å². The summed E-state index contributed by atoms with van der Waals surface area (Å²) in [6.07, 6.45) is 0.785. The molecule has 0 aromatic heterocycles. The van der Waals surface area contributed by atoms with Crippen molar-refractivity contribution in [2.75, 3.05) is 0 Å². The Balaban J connectivity index is 2.61. The first-order chi connectivity index (χ1) is 8.04. The SMILES string of the molecule is CCC(C)C(NCc1cccc(F)c1)C(=O)O. The molecule has 0 fully saturated rings. The predicted octanol–water partition coefficient (Wildman–Crippen LogP) is 2.41. The highest BCUT2D eigenvalue weighted by molar-refractivity contribution is 5.73. The van der Waals surface area contributed by atoms with Gasteiger partial charge in [0.05, 0.1) is 0 Å². The molecule has 0 saturated heterocycles. The van der Waals surface area contributed by atoms with Crippen molar-refractivity contribution in [3.8, 4) is 0 Å². The molecule has 17 heavy (non-hydrogen) atoms. The van der Waals surface area contributed by atoms with Crippen molar-refractivity contribution in [3.63, 3.8) is 0 Å². The molecule has 4 heteroatoms. The highest BCUT2D eigenvalue weighted by Crippen LogP contribution is 2.10. The van der Waals surface area contributed by atoms with Crippen LogP contribution in [0.15, 0.2) is 24.3 Å². The Kier molecular flexibility index (Phi) is 5.10. The topological polar surface area (TPSA) is 49.3 Å². The summed E-state index contributed by atoms with van der Waals surface area (Å²) in [4.78, 5) is 11.1. The van der Waals surface area contributed by atoms with E-state index in [4.69, 9.17) is 5.11 Å². The number of carboxylic acids is 1. The molecular weight excluding hydrogens is 221 g/mol. The van der Waals surface area contributed by atoms with Crippen LogP contribution in [0, 0.1) is 11.7 Å². The van der Waals surface area contributed by atoms with E-state index in [0.717, 1.165) is 12.0 Å². The second-order valence-electron chi connectivity index (χ2n) is 4.21. The van der Waals surface area contributed by atoms with Crippen LogP contribution in [-0.2, 0) is 11.3 Å². The lowest BCUT2D eigenvalue weighted by Gasteiger charge is -2.20. The zero-order chi connectivity index (χ0) is 12.8. The second-order valence-corrected chi connectivity index (χ2v) is 4.21. The lowest BCUT2D eigenvalue weighted by molar-refractivity contribution is -0.140. The molecule has 0 spiro atoms. The van der Waals surface area contributed by atoms with Crippen LogP contribution in [0.2, 0.25) is 0 Å². The molecule has 0 aliphatic rings. The van der Waals surface area contributed by atoms with Crippen LogP contribution in [0.4, 0.5) is 4.39 Å². The molecule has 2 unspecified atom stereocenters. The number of nitrogens with one attached hydrogen (secondary N) is 1. The van der Waals surface area contributed by atoms with Crippen molar-refractivity contribution in [1.29, 1.82) is 0 Å². The Morgan fingerprint density at radius 1 is 1.53 bits per heavy atom. The summed E-state index contributed by atoms with van der Waals surface area (Å²) in [7, 11) is 0. The lowest BCUT2D eigenvalue weighted by Crippen LogP contribution is -2.41. The molecule has 0 aliphatic carbocycles. The van der Waals surface area contributed by atoms with Crippen molar-refractivity contribution in [3.05, 3.63) is 35.6 Å². The van der Waals surface area contributed by atoms with E-state index in [1.807, 2.05) is 13.8 Å². The van der Waals surface area contributed by atoms with E-state index in [-0.39, 0.29) is 11.7 Å². The quantitative estimate of drug-likeness (QED) is 0.801. The van der Waals surface area contributed by atoms with Crippen LogP contribution in [0.3, 0.4) is 0 Å². The van der Waals surface area contributed by atoms with Crippen molar-refractivity contribution < 1.29 is 14.3 Å². The van der Waals surface area contributed by atoms with Gasteiger partial charge in [0.2, 0.25) is 0 Å². The van der Waals surface area contributed by atoms with Crippen molar-refractivity contribution in [2.45, 2.75) is 32.9 Å². The zero-order valence-corrected chi connectivity index (χ0v) is 10.1. The summed E-state index contributed by atoms with van der Waals surface area (Å²) in [6.45, 7) is 4.20. The number of hydrogen-bond acceptors (Lipinski definition) is 2. The highest BCUT2D eigenvalue weighted by atomic mass is 19.1. The largest absolute Gasteiger partial charge is 0.480 e. The Morgan fingerprint density at radius 3 is 2.76 bits per heavy atom. The lowest BCUT2D eigenvalue weighted by atomic mass is 9.99. The van der Waals surface area contributed by atoms with Crippen LogP contribution in [0.1, 0.15) is 25.8 Å². The van der Waals surface area contributed by atoms with E-state index >= 15 is 0 Å². The van der Waals surface area contributed by atoms with Gasteiger partial charge in [-0.25, -0.2) is 4.39 Å². The van der Waals surface area contributed by atoms with E-state index in [0.29, 0.717) is 6.54 Å². The zero-order valence-electron chi connectivity index (χ0n) is 10.1. The van der Waals surface area contributed by atoms with Gasteiger partial charge in [-0.3, -0.25) is 4.79 Å². The number of halogens is 1. The molecule has 94 valence electrons. The first-order valence-electron chi connectivity index (χ1n) is 5.75. The first kappa shape index (κ1) is 13.6. The average Bonchev–Trinajstić information content (AvgIpc) is 2.28. The normalized spacial score (nSPS) is 14.3. The summed E-state index contributed by atoms with van der Waals surface area (Å²) in [5.74, 6) is -1.13. The van der Waals surface area contributed by atoms with E-state index in [1.54, 1.807) is 12.1 Å². The maximum atomic E-state index is 12.9. The predicted molar refractivity (Wildman–Crippen MR) is 64.1 cm³/mol. The molecule has 0 saturated carbocycles. The number of aliphatic carboxylic acids is 1. The molecule has 3 nitrogen and oxygen atoms in total. The maximum absolute atomic E-state index is 12.9. The summed E-state index contributed by atoms with van der Waals surface area (Å²) in [5.41, 5.74) is 0.750. The Bertz CT molecular complexity index is 381. The van der Waals surface area contributed by atoms with Gasteiger partial charge in [0, 0.05) is 6.54 Å². The summed E-state index contributed by atoms with van der Waals surface area (Å²) in [5, 5.41) is 12.0. The number of hydrogen-bond donors (Lipinski definition) is 2. The third-order valence-electron chi connectivity index (χ3n) is 2.89. The average molecular weight is 239 g/mol. The van der Waals surface area contributed by atoms with Gasteiger partial charge in [-0.1, -0.05) is 32.4 Å². The van der Waals surface area contributed by atoms with E-state index in [2.05, 4.69) is 5.32 Å².